The van der Waals surface area contributed by atoms with Crippen molar-refractivity contribution in [2.45, 2.75) is 0 Å². The van der Waals surface area contributed by atoms with E-state index in [9.17, 15) is 9.59 Å². The molecule has 2 N–H and O–H groups in total. The molecule has 0 spiro atoms. The highest BCUT2D eigenvalue weighted by Gasteiger charge is 2.12. The maximum Gasteiger partial charge on any atom is 0.284 e. The van der Waals surface area contributed by atoms with Crippen molar-refractivity contribution in [1.29, 1.82) is 0 Å². The molecule has 0 saturated carbocycles. The fraction of sp³-hybridized carbons (Fsp3) is 0.167. The second-order valence-electron chi connectivity index (χ2n) is 3.93. The highest BCUT2D eigenvalue weighted by molar-refractivity contribution is 5.99. The molecule has 2 amide bonds. The van der Waals surface area contributed by atoms with E-state index in [1.807, 2.05) is 0 Å². The summed E-state index contributed by atoms with van der Waals surface area (Å²) in [5, 5.41) is 0.687. The summed E-state index contributed by atoms with van der Waals surface area (Å²) in [5.74, 6) is -0.634. The van der Waals surface area contributed by atoms with Gasteiger partial charge in [0.25, 0.3) is 11.8 Å². The molecule has 0 aliphatic heterocycles. The SMILES string of the molecule is CN(C)C(=O)c1ccc2oc(C(N)=O)cc2c1. The topological polar surface area (TPSA) is 76.5 Å². The fourth-order valence-electron chi connectivity index (χ4n) is 1.56. The molecule has 0 aliphatic rings. The molecule has 0 unspecified atom stereocenters. The molecule has 0 atom stereocenters. The van der Waals surface area contributed by atoms with Gasteiger partial charge in [0.2, 0.25) is 0 Å². The van der Waals surface area contributed by atoms with Gasteiger partial charge in [-0.3, -0.25) is 9.59 Å². The van der Waals surface area contributed by atoms with Crippen LogP contribution in [0.5, 0.6) is 0 Å². The van der Waals surface area contributed by atoms with E-state index in [4.69, 9.17) is 10.2 Å². The third kappa shape index (κ3) is 1.99. The first kappa shape index (κ1) is 11.2. The lowest BCUT2D eigenvalue weighted by atomic mass is 10.1. The number of amides is 2. The van der Waals surface area contributed by atoms with Crippen LogP contribution in [-0.4, -0.2) is 30.8 Å². The maximum atomic E-state index is 11.7. The Morgan fingerprint density at radius 3 is 2.53 bits per heavy atom. The van der Waals surface area contributed by atoms with Crippen LogP contribution in [0.4, 0.5) is 0 Å². The molecule has 5 nitrogen and oxygen atoms in total. The van der Waals surface area contributed by atoms with E-state index >= 15 is 0 Å². The molecule has 2 rings (SSSR count). The molecular formula is C12H12N2O3. The number of hydrogen-bond donors (Lipinski definition) is 1. The Balaban J connectivity index is 2.50. The molecule has 0 radical (unpaired) electrons. The van der Waals surface area contributed by atoms with Crippen LogP contribution >= 0.6 is 0 Å². The third-order valence-electron chi connectivity index (χ3n) is 2.41. The summed E-state index contributed by atoms with van der Waals surface area (Å²) in [6.07, 6.45) is 0. The number of primary amides is 1. The Morgan fingerprint density at radius 2 is 1.94 bits per heavy atom. The monoisotopic (exact) mass is 232 g/mol. The molecular weight excluding hydrogens is 220 g/mol. The van der Waals surface area contributed by atoms with Crippen LogP contribution in [-0.2, 0) is 0 Å². The van der Waals surface area contributed by atoms with Crippen LogP contribution in [0.1, 0.15) is 20.9 Å². The van der Waals surface area contributed by atoms with Gasteiger partial charge < -0.3 is 15.1 Å². The van der Waals surface area contributed by atoms with Crippen LogP contribution in [0.2, 0.25) is 0 Å². The van der Waals surface area contributed by atoms with Crippen LogP contribution in [0.25, 0.3) is 11.0 Å². The molecule has 0 aliphatic carbocycles. The van der Waals surface area contributed by atoms with Gasteiger partial charge in [0.1, 0.15) is 5.58 Å². The van der Waals surface area contributed by atoms with Gasteiger partial charge in [0, 0.05) is 25.0 Å². The fourth-order valence-corrected chi connectivity index (χ4v) is 1.56. The Bertz CT molecular complexity index is 599. The van der Waals surface area contributed by atoms with Gasteiger partial charge in [-0.1, -0.05) is 0 Å². The first-order valence-corrected chi connectivity index (χ1v) is 5.04. The van der Waals surface area contributed by atoms with Crippen molar-refractivity contribution in [2.75, 3.05) is 14.1 Å². The average Bonchev–Trinajstić information content (AvgIpc) is 2.70. The van der Waals surface area contributed by atoms with E-state index in [-0.39, 0.29) is 11.7 Å². The zero-order valence-electron chi connectivity index (χ0n) is 9.56. The minimum absolute atomic E-state index is 0.0921. The molecule has 5 heteroatoms. The molecule has 2 aromatic rings. The highest BCUT2D eigenvalue weighted by Crippen LogP contribution is 2.21. The van der Waals surface area contributed by atoms with Crippen molar-refractivity contribution in [3.05, 3.63) is 35.6 Å². The zero-order chi connectivity index (χ0) is 12.6. The number of benzene rings is 1. The van der Waals surface area contributed by atoms with E-state index in [1.54, 1.807) is 32.3 Å². The molecule has 0 fully saturated rings. The number of carbonyl (C=O) groups is 2. The number of rotatable bonds is 2. The van der Waals surface area contributed by atoms with Crippen molar-refractivity contribution in [1.82, 2.24) is 4.90 Å². The van der Waals surface area contributed by atoms with Crippen molar-refractivity contribution >= 4 is 22.8 Å². The van der Waals surface area contributed by atoms with Gasteiger partial charge in [-0.2, -0.15) is 0 Å². The first-order valence-electron chi connectivity index (χ1n) is 5.04. The maximum absolute atomic E-state index is 11.7. The Labute approximate surface area is 97.8 Å². The van der Waals surface area contributed by atoms with Crippen LogP contribution in [0, 0.1) is 0 Å². The number of furan rings is 1. The molecule has 88 valence electrons. The van der Waals surface area contributed by atoms with Gasteiger partial charge in [-0.15, -0.1) is 0 Å². The van der Waals surface area contributed by atoms with Gasteiger partial charge in [-0.25, -0.2) is 0 Å². The summed E-state index contributed by atoms with van der Waals surface area (Å²) in [4.78, 5) is 24.2. The van der Waals surface area contributed by atoms with Crippen molar-refractivity contribution in [3.8, 4) is 0 Å². The predicted molar refractivity (Wildman–Crippen MR) is 62.7 cm³/mol. The predicted octanol–water partition coefficient (Wildman–Crippen LogP) is 1.23. The molecule has 17 heavy (non-hydrogen) atoms. The zero-order valence-corrected chi connectivity index (χ0v) is 9.56. The van der Waals surface area contributed by atoms with E-state index in [2.05, 4.69) is 0 Å². The summed E-state index contributed by atoms with van der Waals surface area (Å²) in [5.41, 5.74) is 6.19. The lowest BCUT2D eigenvalue weighted by molar-refractivity contribution is 0.0827. The minimum Gasteiger partial charge on any atom is -0.451 e. The molecule has 0 bridgehead atoms. The molecule has 1 aromatic heterocycles. The number of fused-ring (bicyclic) bond motifs is 1. The van der Waals surface area contributed by atoms with Crippen LogP contribution < -0.4 is 5.73 Å². The van der Waals surface area contributed by atoms with Crippen molar-refractivity contribution in [3.63, 3.8) is 0 Å². The van der Waals surface area contributed by atoms with E-state index in [1.165, 1.54) is 11.0 Å². The van der Waals surface area contributed by atoms with Crippen molar-refractivity contribution in [2.24, 2.45) is 5.73 Å². The lowest BCUT2D eigenvalue weighted by Gasteiger charge is -2.09. The normalized spacial score (nSPS) is 10.5. The lowest BCUT2D eigenvalue weighted by Crippen LogP contribution is -2.21. The number of carbonyl (C=O) groups excluding carboxylic acids is 2. The van der Waals surface area contributed by atoms with E-state index in [0.717, 1.165) is 0 Å². The summed E-state index contributed by atoms with van der Waals surface area (Å²) in [6, 6.07) is 6.51. The first-order chi connectivity index (χ1) is 7.99. The van der Waals surface area contributed by atoms with Gasteiger partial charge in [-0.05, 0) is 24.3 Å². The Kier molecular flexibility index (Phi) is 2.59. The Morgan fingerprint density at radius 1 is 1.24 bits per heavy atom. The highest BCUT2D eigenvalue weighted by atomic mass is 16.3. The second-order valence-corrected chi connectivity index (χ2v) is 3.93. The summed E-state index contributed by atoms with van der Waals surface area (Å²) in [6.45, 7) is 0. The summed E-state index contributed by atoms with van der Waals surface area (Å²) in [7, 11) is 3.35. The third-order valence-corrected chi connectivity index (χ3v) is 2.41. The summed E-state index contributed by atoms with van der Waals surface area (Å²) < 4.78 is 5.23. The van der Waals surface area contributed by atoms with E-state index in [0.29, 0.717) is 16.5 Å². The largest absolute Gasteiger partial charge is 0.451 e. The Hall–Kier alpha value is -2.30. The molecule has 1 heterocycles. The van der Waals surface area contributed by atoms with Gasteiger partial charge in [0.05, 0.1) is 0 Å². The summed E-state index contributed by atoms with van der Waals surface area (Å²) >= 11 is 0. The second kappa shape index (κ2) is 3.93. The van der Waals surface area contributed by atoms with Crippen LogP contribution in [0.3, 0.4) is 0 Å². The number of nitrogens with zero attached hydrogens (tertiary/aromatic N) is 1. The van der Waals surface area contributed by atoms with Gasteiger partial charge >= 0.3 is 0 Å². The standard InChI is InChI=1S/C12H12N2O3/c1-14(2)12(16)7-3-4-9-8(5-7)6-10(17-9)11(13)15/h3-6H,1-2H3,(H2,13,15). The molecule has 0 saturated heterocycles. The minimum atomic E-state index is -0.623. The quantitative estimate of drug-likeness (QED) is 0.846. The van der Waals surface area contributed by atoms with Crippen LogP contribution in [0.15, 0.2) is 28.7 Å². The number of nitrogens with two attached hydrogens (primary N) is 1. The van der Waals surface area contributed by atoms with E-state index < -0.39 is 5.91 Å². The van der Waals surface area contributed by atoms with Crippen molar-refractivity contribution < 1.29 is 14.0 Å². The number of hydrogen-bond acceptors (Lipinski definition) is 3. The average molecular weight is 232 g/mol. The molecule has 1 aromatic carbocycles. The smallest absolute Gasteiger partial charge is 0.284 e. The van der Waals surface area contributed by atoms with Gasteiger partial charge in [0.15, 0.2) is 5.76 Å².